The molecule has 0 N–H and O–H groups in total. The molecule has 0 spiro atoms. The van der Waals surface area contributed by atoms with Crippen LogP contribution in [-0.4, -0.2) is 25.2 Å². The predicted molar refractivity (Wildman–Crippen MR) is 56.1 cm³/mol. The fourth-order valence-corrected chi connectivity index (χ4v) is 0.917. The fourth-order valence-electron chi connectivity index (χ4n) is 0.917. The highest BCUT2D eigenvalue weighted by atomic mass is 16.5. The minimum Gasteiger partial charge on any atom is -0.465 e. The lowest BCUT2D eigenvalue weighted by molar-refractivity contribution is -0.144. The summed E-state index contributed by atoms with van der Waals surface area (Å²) in [6.45, 7) is 3.40. The van der Waals surface area contributed by atoms with E-state index in [0.717, 1.165) is 6.08 Å². The van der Waals surface area contributed by atoms with E-state index in [4.69, 9.17) is 10.5 Å². The lowest BCUT2D eigenvalue weighted by Crippen LogP contribution is -2.16. The van der Waals surface area contributed by atoms with Gasteiger partial charge < -0.3 is 9.47 Å². The molecule has 0 saturated carbocycles. The van der Waals surface area contributed by atoms with Gasteiger partial charge in [-0.1, -0.05) is 0 Å². The summed E-state index contributed by atoms with van der Waals surface area (Å²) >= 11 is 0. The first-order valence-corrected chi connectivity index (χ1v) is 4.95. The molecule has 0 aliphatic rings. The Morgan fingerprint density at radius 3 is 2.24 bits per heavy atom. The molecule has 0 amide bonds. The average Bonchev–Trinajstić information content (AvgIpc) is 2.31. The molecule has 0 heterocycles. The second kappa shape index (κ2) is 7.89. The lowest BCUT2D eigenvalue weighted by atomic mass is 10.1. The Balaban J connectivity index is 4.93. The minimum absolute atomic E-state index is 0.106. The number of carbonyl (C=O) groups excluding carboxylic acids is 2. The van der Waals surface area contributed by atoms with Crippen LogP contribution in [0.3, 0.4) is 0 Å². The lowest BCUT2D eigenvalue weighted by Gasteiger charge is -2.04. The average molecular weight is 236 g/mol. The molecule has 0 aromatic heterocycles. The van der Waals surface area contributed by atoms with Crippen LogP contribution in [0.2, 0.25) is 0 Å². The molecule has 0 fully saturated rings. The van der Waals surface area contributed by atoms with E-state index in [0.29, 0.717) is 0 Å². The molecule has 6 heteroatoms. The third-order valence-corrected chi connectivity index (χ3v) is 1.63. The Labute approximate surface area is 99.0 Å². The van der Waals surface area contributed by atoms with Crippen LogP contribution in [0.15, 0.2) is 11.6 Å². The molecule has 0 bridgehead atoms. The molecule has 1 unspecified atom stereocenters. The molecular formula is C11H12N2O4. The van der Waals surface area contributed by atoms with E-state index in [1.165, 1.54) is 0 Å². The van der Waals surface area contributed by atoms with Crippen LogP contribution < -0.4 is 0 Å². The Kier molecular flexibility index (Phi) is 6.80. The molecule has 0 aliphatic carbocycles. The quantitative estimate of drug-likeness (QED) is 0.395. The van der Waals surface area contributed by atoms with E-state index >= 15 is 0 Å². The van der Waals surface area contributed by atoms with Gasteiger partial charge in [-0.2, -0.15) is 10.5 Å². The number of rotatable bonds is 5. The Morgan fingerprint density at radius 2 is 1.82 bits per heavy atom. The number of hydrogen-bond acceptors (Lipinski definition) is 6. The van der Waals surface area contributed by atoms with E-state index in [2.05, 4.69) is 9.47 Å². The maximum atomic E-state index is 11.3. The zero-order valence-corrected chi connectivity index (χ0v) is 9.60. The van der Waals surface area contributed by atoms with Crippen LogP contribution in [0.25, 0.3) is 0 Å². The van der Waals surface area contributed by atoms with Crippen LogP contribution in [0, 0.1) is 28.6 Å². The van der Waals surface area contributed by atoms with E-state index in [1.54, 1.807) is 26.0 Å². The van der Waals surface area contributed by atoms with Gasteiger partial charge in [-0.3, -0.25) is 4.79 Å². The van der Waals surface area contributed by atoms with Crippen molar-refractivity contribution in [1.29, 1.82) is 10.5 Å². The third-order valence-electron chi connectivity index (χ3n) is 1.63. The number of nitrogens with zero attached hydrogens (tertiary/aromatic N) is 2. The summed E-state index contributed by atoms with van der Waals surface area (Å²) < 4.78 is 9.20. The summed E-state index contributed by atoms with van der Waals surface area (Å²) in [5.41, 5.74) is -0.383. The molecular weight excluding hydrogens is 224 g/mol. The number of ether oxygens (including phenoxy) is 2. The Hall–Kier alpha value is -2.34. The van der Waals surface area contributed by atoms with Gasteiger partial charge in [0.1, 0.15) is 11.6 Å². The third kappa shape index (κ3) is 4.80. The van der Waals surface area contributed by atoms with E-state index in [1.807, 2.05) is 0 Å². The summed E-state index contributed by atoms with van der Waals surface area (Å²) in [6.07, 6.45) is 0.940. The predicted octanol–water partition coefficient (Wildman–Crippen LogP) is 0.702. The van der Waals surface area contributed by atoms with Gasteiger partial charge in [-0.15, -0.1) is 0 Å². The fraction of sp³-hybridized carbons (Fsp3) is 0.455. The standard InChI is InChI=1S/C11H12N2O4/c1-3-16-10(14)8(6-12)5-9(7-13)11(15)17-4-2/h5,8H,3-4H2,1-2H3. The van der Waals surface area contributed by atoms with Crippen molar-refractivity contribution in [3.8, 4) is 12.1 Å². The van der Waals surface area contributed by atoms with Crippen LogP contribution in [0.4, 0.5) is 0 Å². The zero-order chi connectivity index (χ0) is 13.3. The van der Waals surface area contributed by atoms with E-state index < -0.39 is 17.9 Å². The monoisotopic (exact) mass is 236 g/mol. The van der Waals surface area contributed by atoms with Crippen molar-refractivity contribution in [1.82, 2.24) is 0 Å². The van der Waals surface area contributed by atoms with Crippen molar-refractivity contribution in [2.24, 2.45) is 5.92 Å². The van der Waals surface area contributed by atoms with Crippen molar-refractivity contribution < 1.29 is 19.1 Å². The van der Waals surface area contributed by atoms with Gasteiger partial charge in [0, 0.05) is 0 Å². The van der Waals surface area contributed by atoms with Gasteiger partial charge >= 0.3 is 11.9 Å². The van der Waals surface area contributed by atoms with Gasteiger partial charge in [0.2, 0.25) is 0 Å². The number of esters is 2. The first-order valence-electron chi connectivity index (χ1n) is 4.95. The molecule has 17 heavy (non-hydrogen) atoms. The van der Waals surface area contributed by atoms with Crippen LogP contribution in [-0.2, 0) is 19.1 Å². The van der Waals surface area contributed by atoms with Crippen molar-refractivity contribution in [2.45, 2.75) is 13.8 Å². The molecule has 0 saturated heterocycles. The smallest absolute Gasteiger partial charge is 0.348 e. The normalized spacial score (nSPS) is 11.9. The van der Waals surface area contributed by atoms with E-state index in [-0.39, 0.29) is 18.8 Å². The van der Waals surface area contributed by atoms with Crippen LogP contribution in [0.5, 0.6) is 0 Å². The Bertz CT molecular complexity index is 401. The summed E-state index contributed by atoms with van der Waals surface area (Å²) in [5, 5.41) is 17.4. The number of nitriles is 2. The van der Waals surface area contributed by atoms with Crippen molar-refractivity contribution >= 4 is 11.9 Å². The molecule has 0 rings (SSSR count). The zero-order valence-electron chi connectivity index (χ0n) is 9.60. The van der Waals surface area contributed by atoms with Crippen LogP contribution in [0.1, 0.15) is 13.8 Å². The molecule has 90 valence electrons. The van der Waals surface area contributed by atoms with Gasteiger partial charge in [-0.05, 0) is 19.9 Å². The van der Waals surface area contributed by atoms with Crippen molar-refractivity contribution in [3.63, 3.8) is 0 Å². The second-order valence-electron chi connectivity index (χ2n) is 2.77. The molecule has 0 aromatic rings. The van der Waals surface area contributed by atoms with Gasteiger partial charge in [-0.25, -0.2) is 4.79 Å². The highest BCUT2D eigenvalue weighted by Crippen LogP contribution is 2.07. The minimum atomic E-state index is -1.28. The van der Waals surface area contributed by atoms with E-state index in [9.17, 15) is 9.59 Å². The summed E-state index contributed by atoms with van der Waals surface area (Å²) in [5.74, 6) is -2.94. The molecule has 1 atom stereocenters. The Morgan fingerprint density at radius 1 is 1.24 bits per heavy atom. The van der Waals surface area contributed by atoms with Crippen LogP contribution >= 0.6 is 0 Å². The number of carbonyl (C=O) groups is 2. The molecule has 0 aromatic carbocycles. The highest BCUT2D eigenvalue weighted by Gasteiger charge is 2.20. The first kappa shape index (κ1) is 14.7. The van der Waals surface area contributed by atoms with Crippen molar-refractivity contribution in [3.05, 3.63) is 11.6 Å². The summed E-state index contributed by atoms with van der Waals surface area (Å²) in [7, 11) is 0. The van der Waals surface area contributed by atoms with Gasteiger partial charge in [0.15, 0.2) is 5.92 Å². The molecule has 6 nitrogen and oxygen atoms in total. The summed E-state index contributed by atoms with van der Waals surface area (Å²) in [4.78, 5) is 22.5. The largest absolute Gasteiger partial charge is 0.465 e. The van der Waals surface area contributed by atoms with Gasteiger partial charge in [0.25, 0.3) is 0 Å². The second-order valence-corrected chi connectivity index (χ2v) is 2.77. The first-order chi connectivity index (χ1) is 8.10. The maximum absolute atomic E-state index is 11.3. The van der Waals surface area contributed by atoms with Gasteiger partial charge in [0.05, 0.1) is 19.3 Å². The maximum Gasteiger partial charge on any atom is 0.348 e. The van der Waals surface area contributed by atoms with Crippen molar-refractivity contribution in [2.75, 3.05) is 13.2 Å². The number of hydrogen-bond donors (Lipinski definition) is 0. The summed E-state index contributed by atoms with van der Waals surface area (Å²) in [6, 6.07) is 3.21. The topological polar surface area (TPSA) is 100 Å². The SMILES string of the molecule is CCOC(=O)C(C#N)=CC(C#N)C(=O)OCC. The molecule has 0 aliphatic heterocycles. The highest BCUT2D eigenvalue weighted by molar-refractivity contribution is 5.94. The molecule has 0 radical (unpaired) electrons.